The zero-order valence-electron chi connectivity index (χ0n) is 20.2. The molecule has 0 spiro atoms. The predicted molar refractivity (Wildman–Crippen MR) is 132 cm³/mol. The van der Waals surface area contributed by atoms with Gasteiger partial charge in [-0.05, 0) is 37.8 Å². The van der Waals surface area contributed by atoms with E-state index >= 15 is 0 Å². The fraction of sp³-hybridized carbons (Fsp3) is 0.423. The molecule has 2 unspecified atom stereocenters. The number of nitrogens with one attached hydrogen (secondary N) is 2. The Morgan fingerprint density at radius 1 is 0.714 bits per heavy atom. The zero-order chi connectivity index (χ0) is 26.3. The van der Waals surface area contributed by atoms with Crippen molar-refractivity contribution in [2.45, 2.75) is 57.2 Å². The number of hydrogen-bond acceptors (Lipinski definition) is 6. The number of benzene rings is 2. The third-order valence-electron chi connectivity index (χ3n) is 5.17. The van der Waals surface area contributed by atoms with Gasteiger partial charge < -0.3 is 31.1 Å². The molecule has 192 valence electrons. The van der Waals surface area contributed by atoms with Crippen LogP contribution in [0.25, 0.3) is 0 Å². The molecule has 2 rings (SSSR count). The Hall–Kier alpha value is -3.27. The molecule has 0 aromatic heterocycles. The molecule has 9 nitrogen and oxygen atoms in total. The van der Waals surface area contributed by atoms with Crippen LogP contribution in [0.1, 0.15) is 37.8 Å². The summed E-state index contributed by atoms with van der Waals surface area (Å²) in [4.78, 5) is 30.5. The second kappa shape index (κ2) is 15.6. The molecule has 0 bridgehead atoms. The van der Waals surface area contributed by atoms with Gasteiger partial charge in [-0.3, -0.25) is 9.59 Å². The number of carboxylic acids is 3. The number of rotatable bonds is 14. The van der Waals surface area contributed by atoms with Crippen molar-refractivity contribution in [1.29, 1.82) is 0 Å². The fourth-order valence-corrected chi connectivity index (χ4v) is 3.43. The maximum absolute atomic E-state index is 10.3. The van der Waals surface area contributed by atoms with Gasteiger partial charge in [0, 0.05) is 25.2 Å². The highest BCUT2D eigenvalue weighted by Gasteiger charge is 2.40. The summed E-state index contributed by atoms with van der Waals surface area (Å²) in [6.45, 7) is 6.51. The van der Waals surface area contributed by atoms with Crippen LogP contribution in [0.15, 0.2) is 60.7 Å². The number of hydrogen-bond donors (Lipinski definition) is 6. The van der Waals surface area contributed by atoms with Gasteiger partial charge in [0.25, 0.3) is 0 Å². The summed E-state index contributed by atoms with van der Waals surface area (Å²) in [6.07, 6.45) is -0.121. The average molecular weight is 489 g/mol. The molecule has 6 N–H and O–H groups in total. The van der Waals surface area contributed by atoms with Gasteiger partial charge >= 0.3 is 17.9 Å². The number of aliphatic hydroxyl groups is 1. The molecule has 2 aromatic carbocycles. The van der Waals surface area contributed by atoms with Crippen LogP contribution >= 0.6 is 0 Å². The minimum Gasteiger partial charge on any atom is -0.481 e. The monoisotopic (exact) mass is 488 g/mol. The maximum atomic E-state index is 10.3. The highest BCUT2D eigenvalue weighted by molar-refractivity contribution is 5.88. The molecule has 2 aromatic rings. The lowest BCUT2D eigenvalue weighted by Crippen LogP contribution is -2.42. The van der Waals surface area contributed by atoms with Crippen LogP contribution in [0.5, 0.6) is 0 Å². The van der Waals surface area contributed by atoms with E-state index in [1.54, 1.807) is 0 Å². The van der Waals surface area contributed by atoms with Gasteiger partial charge in [-0.1, -0.05) is 60.7 Å². The molecule has 0 radical (unpaired) electrons. The first-order chi connectivity index (χ1) is 16.5. The van der Waals surface area contributed by atoms with E-state index in [2.05, 4.69) is 85.1 Å². The summed E-state index contributed by atoms with van der Waals surface area (Å²) in [5.41, 5.74) is 0.0540. The molecule has 0 heterocycles. The van der Waals surface area contributed by atoms with Gasteiger partial charge in [-0.15, -0.1) is 0 Å². The first-order valence-electron chi connectivity index (χ1n) is 11.5. The van der Waals surface area contributed by atoms with Crippen molar-refractivity contribution in [3.63, 3.8) is 0 Å². The lowest BCUT2D eigenvalue weighted by molar-refractivity contribution is -0.170. The van der Waals surface area contributed by atoms with E-state index in [1.807, 2.05) is 0 Å². The molecule has 0 aliphatic heterocycles. The summed E-state index contributed by atoms with van der Waals surface area (Å²) < 4.78 is 0. The standard InChI is InChI=1S/C20H28N2.C6H8O7/c1-17(15-19-9-5-3-6-10-19)21-13-14-22-18(2)16-20-11-7-4-8-12-20;7-3(8)1-6(13,5(11)12)2-4(9)10/h3-12,17-18,21-22H,13-16H2,1-2H3;13H,1-2H2,(H,7,8)(H,9,10)(H,11,12). The van der Waals surface area contributed by atoms with Gasteiger partial charge in [0.2, 0.25) is 0 Å². The van der Waals surface area contributed by atoms with Crippen LogP contribution in [-0.4, -0.2) is 69.1 Å². The highest BCUT2D eigenvalue weighted by atomic mass is 16.4. The Balaban J connectivity index is 0.000000405. The van der Waals surface area contributed by atoms with Crippen molar-refractivity contribution in [3.8, 4) is 0 Å². The van der Waals surface area contributed by atoms with Crippen LogP contribution in [-0.2, 0) is 27.2 Å². The van der Waals surface area contributed by atoms with E-state index in [4.69, 9.17) is 20.4 Å². The molecule has 0 amide bonds. The third-order valence-corrected chi connectivity index (χ3v) is 5.17. The van der Waals surface area contributed by atoms with Crippen molar-refractivity contribution < 1.29 is 34.8 Å². The number of carbonyl (C=O) groups is 3. The SMILES string of the molecule is CC(Cc1ccccc1)NCCNC(C)Cc1ccccc1.O=C(O)CC(O)(CC(=O)O)C(=O)O. The van der Waals surface area contributed by atoms with Crippen LogP contribution < -0.4 is 10.6 Å². The second-order valence-electron chi connectivity index (χ2n) is 8.57. The van der Waals surface area contributed by atoms with Gasteiger partial charge in [0.1, 0.15) is 0 Å². The molecule has 0 aliphatic carbocycles. The summed E-state index contributed by atoms with van der Waals surface area (Å²) in [5.74, 6) is -5.02. The van der Waals surface area contributed by atoms with Gasteiger partial charge in [0.15, 0.2) is 5.60 Å². The predicted octanol–water partition coefficient (Wildman–Crippen LogP) is 2.18. The Morgan fingerprint density at radius 3 is 1.34 bits per heavy atom. The van der Waals surface area contributed by atoms with E-state index in [9.17, 15) is 14.4 Å². The first-order valence-corrected chi connectivity index (χ1v) is 11.5. The Kier molecular flexibility index (Phi) is 13.3. The van der Waals surface area contributed by atoms with Crippen molar-refractivity contribution in [3.05, 3.63) is 71.8 Å². The van der Waals surface area contributed by atoms with Crippen LogP contribution in [0.2, 0.25) is 0 Å². The van der Waals surface area contributed by atoms with Crippen LogP contribution in [0.3, 0.4) is 0 Å². The molecular weight excluding hydrogens is 452 g/mol. The van der Waals surface area contributed by atoms with Gasteiger partial charge in [-0.25, -0.2) is 4.79 Å². The second-order valence-corrected chi connectivity index (χ2v) is 8.57. The molecule has 35 heavy (non-hydrogen) atoms. The zero-order valence-corrected chi connectivity index (χ0v) is 20.2. The molecule has 2 atom stereocenters. The summed E-state index contributed by atoms with van der Waals surface area (Å²) in [6, 6.07) is 22.3. The molecule has 0 saturated carbocycles. The topological polar surface area (TPSA) is 156 Å². The Morgan fingerprint density at radius 2 is 1.06 bits per heavy atom. The lowest BCUT2D eigenvalue weighted by atomic mass is 9.96. The number of aliphatic carboxylic acids is 3. The quantitative estimate of drug-likeness (QED) is 0.219. The normalized spacial score (nSPS) is 12.7. The van der Waals surface area contributed by atoms with E-state index in [-0.39, 0.29) is 0 Å². The summed E-state index contributed by atoms with van der Waals surface area (Å²) in [7, 11) is 0. The highest BCUT2D eigenvalue weighted by Crippen LogP contribution is 2.15. The molecule has 9 heteroatoms. The number of carboxylic acid groups (broad SMARTS) is 3. The van der Waals surface area contributed by atoms with Crippen LogP contribution in [0, 0.1) is 0 Å². The molecule has 0 saturated heterocycles. The largest absolute Gasteiger partial charge is 0.481 e. The first kappa shape index (κ1) is 29.8. The molecule has 0 fully saturated rings. The van der Waals surface area contributed by atoms with Crippen molar-refractivity contribution >= 4 is 17.9 Å². The summed E-state index contributed by atoms with van der Waals surface area (Å²) in [5, 5.41) is 41.0. The molecule has 0 aliphatic rings. The smallest absolute Gasteiger partial charge is 0.336 e. The lowest BCUT2D eigenvalue weighted by Gasteiger charge is -2.18. The van der Waals surface area contributed by atoms with Crippen molar-refractivity contribution in [2.75, 3.05) is 13.1 Å². The van der Waals surface area contributed by atoms with Crippen molar-refractivity contribution in [2.24, 2.45) is 0 Å². The van der Waals surface area contributed by atoms with E-state index in [0.29, 0.717) is 12.1 Å². The Labute approximate surface area is 205 Å². The fourth-order valence-electron chi connectivity index (χ4n) is 3.43. The van der Waals surface area contributed by atoms with Crippen molar-refractivity contribution in [1.82, 2.24) is 10.6 Å². The van der Waals surface area contributed by atoms with Gasteiger partial charge in [0.05, 0.1) is 12.8 Å². The van der Waals surface area contributed by atoms with E-state index in [0.717, 1.165) is 25.9 Å². The van der Waals surface area contributed by atoms with Crippen LogP contribution in [0.4, 0.5) is 0 Å². The maximum Gasteiger partial charge on any atom is 0.336 e. The molecular formula is C26H36N2O7. The third kappa shape index (κ3) is 13.3. The average Bonchev–Trinajstić information content (AvgIpc) is 2.77. The van der Waals surface area contributed by atoms with Gasteiger partial charge in [-0.2, -0.15) is 0 Å². The minimum absolute atomic E-state index is 0.508. The van der Waals surface area contributed by atoms with E-state index < -0.39 is 36.4 Å². The summed E-state index contributed by atoms with van der Waals surface area (Å²) >= 11 is 0. The Bertz CT molecular complexity index is 841. The van der Waals surface area contributed by atoms with E-state index in [1.165, 1.54) is 11.1 Å². The minimum atomic E-state index is -2.74.